The fraction of sp³-hybridized carbons (Fsp3) is 0.429. The maximum atomic E-state index is 4.68. The molecule has 0 nitrogen and oxygen atoms in total. The van der Waals surface area contributed by atoms with Gasteiger partial charge in [-0.05, 0) is 31.9 Å². The highest BCUT2D eigenvalue weighted by Gasteiger charge is 2.21. The van der Waals surface area contributed by atoms with Crippen molar-refractivity contribution in [2.75, 3.05) is 0 Å². The van der Waals surface area contributed by atoms with E-state index in [-0.39, 0.29) is 4.75 Å². The van der Waals surface area contributed by atoms with E-state index in [4.69, 9.17) is 0 Å². The van der Waals surface area contributed by atoms with Gasteiger partial charge in [0.2, 0.25) is 0 Å². The molecular formula is C14H16S4. The minimum atomic E-state index is -0.0339. The lowest BCUT2D eigenvalue weighted by Gasteiger charge is -2.13. The Hall–Kier alpha value is -0.0300. The van der Waals surface area contributed by atoms with E-state index < -0.39 is 0 Å². The number of thiophene rings is 3. The maximum Gasteiger partial charge on any atom is 0.0632 e. The molecule has 0 aromatic carbocycles. The van der Waals surface area contributed by atoms with Crippen molar-refractivity contribution >= 4 is 65.4 Å². The second-order valence-corrected chi connectivity index (χ2v) is 9.80. The first kappa shape index (κ1) is 13.0. The van der Waals surface area contributed by atoms with Crippen LogP contribution in [0.3, 0.4) is 0 Å². The SMILES string of the molecule is CC(C)c1cc2sc3cc(C(C)(C)S)sc3c2s1. The quantitative estimate of drug-likeness (QED) is 0.515. The molecule has 3 heterocycles. The van der Waals surface area contributed by atoms with Crippen molar-refractivity contribution in [2.24, 2.45) is 0 Å². The highest BCUT2D eigenvalue weighted by Crippen LogP contribution is 2.47. The van der Waals surface area contributed by atoms with Crippen LogP contribution in [0.4, 0.5) is 0 Å². The molecule has 0 fully saturated rings. The number of fused-ring (bicyclic) bond motifs is 3. The molecule has 96 valence electrons. The van der Waals surface area contributed by atoms with E-state index in [0.717, 1.165) is 0 Å². The summed E-state index contributed by atoms with van der Waals surface area (Å²) in [7, 11) is 0. The highest BCUT2D eigenvalue weighted by atomic mass is 32.1. The van der Waals surface area contributed by atoms with Crippen molar-refractivity contribution in [3.05, 3.63) is 21.9 Å². The Balaban J connectivity index is 2.23. The van der Waals surface area contributed by atoms with E-state index in [1.807, 2.05) is 34.0 Å². The van der Waals surface area contributed by atoms with Gasteiger partial charge in [0, 0.05) is 23.9 Å². The molecule has 3 rings (SSSR count). The Morgan fingerprint density at radius 2 is 1.61 bits per heavy atom. The minimum Gasteiger partial charge on any atom is -0.167 e. The monoisotopic (exact) mass is 312 g/mol. The summed E-state index contributed by atoms with van der Waals surface area (Å²) in [6, 6.07) is 4.69. The van der Waals surface area contributed by atoms with Gasteiger partial charge >= 0.3 is 0 Å². The second kappa shape index (κ2) is 4.23. The molecule has 0 aliphatic rings. The van der Waals surface area contributed by atoms with Crippen LogP contribution >= 0.6 is 46.6 Å². The zero-order valence-electron chi connectivity index (χ0n) is 10.9. The van der Waals surface area contributed by atoms with E-state index in [9.17, 15) is 0 Å². The zero-order chi connectivity index (χ0) is 13.1. The van der Waals surface area contributed by atoms with E-state index in [0.29, 0.717) is 5.92 Å². The topological polar surface area (TPSA) is 0 Å². The normalized spacial score (nSPS) is 13.2. The Labute approximate surface area is 125 Å². The molecule has 0 radical (unpaired) electrons. The van der Waals surface area contributed by atoms with Crippen LogP contribution in [-0.4, -0.2) is 0 Å². The zero-order valence-corrected chi connectivity index (χ0v) is 14.2. The molecule has 3 aromatic heterocycles. The molecule has 4 heteroatoms. The van der Waals surface area contributed by atoms with Gasteiger partial charge in [0.15, 0.2) is 0 Å². The van der Waals surface area contributed by atoms with Gasteiger partial charge < -0.3 is 0 Å². The summed E-state index contributed by atoms with van der Waals surface area (Å²) >= 11 is 10.5. The third kappa shape index (κ3) is 2.03. The number of hydrogen-bond donors (Lipinski definition) is 1. The lowest BCUT2D eigenvalue weighted by molar-refractivity contribution is 0.812. The van der Waals surface area contributed by atoms with Crippen molar-refractivity contribution in [2.45, 2.75) is 38.4 Å². The molecule has 0 atom stereocenters. The Morgan fingerprint density at radius 3 is 2.22 bits per heavy atom. The van der Waals surface area contributed by atoms with Crippen LogP contribution in [0.5, 0.6) is 0 Å². The summed E-state index contributed by atoms with van der Waals surface area (Å²) in [6.07, 6.45) is 0. The summed E-state index contributed by atoms with van der Waals surface area (Å²) < 4.78 is 5.78. The molecule has 18 heavy (non-hydrogen) atoms. The molecule has 0 amide bonds. The van der Waals surface area contributed by atoms with Gasteiger partial charge in [-0.1, -0.05) is 13.8 Å². The van der Waals surface area contributed by atoms with E-state index in [2.05, 4.69) is 52.5 Å². The van der Waals surface area contributed by atoms with Gasteiger partial charge in [0.25, 0.3) is 0 Å². The van der Waals surface area contributed by atoms with E-state index >= 15 is 0 Å². The van der Waals surface area contributed by atoms with Crippen LogP contribution in [0.15, 0.2) is 12.1 Å². The third-order valence-corrected chi connectivity index (χ3v) is 7.81. The van der Waals surface area contributed by atoms with Crippen LogP contribution in [-0.2, 0) is 4.75 Å². The second-order valence-electron chi connectivity index (χ2n) is 5.46. The fourth-order valence-corrected chi connectivity index (χ4v) is 6.18. The lowest BCUT2D eigenvalue weighted by Crippen LogP contribution is -2.03. The molecule has 0 bridgehead atoms. The maximum absolute atomic E-state index is 4.68. The average molecular weight is 313 g/mol. The van der Waals surface area contributed by atoms with Crippen LogP contribution in [0.25, 0.3) is 18.8 Å². The van der Waals surface area contributed by atoms with E-state index in [1.165, 1.54) is 28.6 Å². The third-order valence-electron chi connectivity index (χ3n) is 3.01. The van der Waals surface area contributed by atoms with Crippen molar-refractivity contribution < 1.29 is 0 Å². The van der Waals surface area contributed by atoms with Crippen LogP contribution < -0.4 is 0 Å². The first-order valence-electron chi connectivity index (χ1n) is 6.05. The molecule has 0 N–H and O–H groups in total. The van der Waals surface area contributed by atoms with Gasteiger partial charge in [-0.25, -0.2) is 0 Å². The minimum absolute atomic E-state index is 0.0339. The standard InChI is InChI=1S/C14H16S4/c1-7(2)8-5-9-12(17-8)13-10(16-9)6-11(18-13)14(3,4)15/h5-7,15H,1-4H3. The average Bonchev–Trinajstić information content (AvgIpc) is 2.82. The number of hydrogen-bond acceptors (Lipinski definition) is 4. The molecule has 0 unspecified atom stereocenters. The van der Waals surface area contributed by atoms with Gasteiger partial charge in [0.1, 0.15) is 0 Å². The predicted molar refractivity (Wildman–Crippen MR) is 91.2 cm³/mol. The van der Waals surface area contributed by atoms with Crippen LogP contribution in [0.1, 0.15) is 43.4 Å². The highest BCUT2D eigenvalue weighted by molar-refractivity contribution is 7.81. The van der Waals surface area contributed by atoms with Crippen molar-refractivity contribution in [3.63, 3.8) is 0 Å². The summed E-state index contributed by atoms with van der Waals surface area (Å²) in [6.45, 7) is 8.86. The van der Waals surface area contributed by atoms with Crippen LogP contribution in [0, 0.1) is 0 Å². The Kier molecular flexibility index (Phi) is 3.05. The van der Waals surface area contributed by atoms with Crippen molar-refractivity contribution in [1.29, 1.82) is 0 Å². The summed E-state index contributed by atoms with van der Waals surface area (Å²) in [4.78, 5) is 2.87. The molecule has 0 saturated carbocycles. The molecule has 0 spiro atoms. The van der Waals surface area contributed by atoms with Crippen molar-refractivity contribution in [1.82, 2.24) is 0 Å². The molecule has 3 aromatic rings. The van der Waals surface area contributed by atoms with Gasteiger partial charge in [-0.2, -0.15) is 12.6 Å². The smallest absolute Gasteiger partial charge is 0.0632 e. The molecule has 0 aliphatic heterocycles. The summed E-state index contributed by atoms with van der Waals surface area (Å²) in [5.41, 5.74) is 0. The number of thiol groups is 1. The predicted octanol–water partition coefficient (Wildman–Crippen LogP) is 6.47. The molecule has 0 aliphatic carbocycles. The van der Waals surface area contributed by atoms with Gasteiger partial charge in [0.05, 0.1) is 9.40 Å². The fourth-order valence-electron chi connectivity index (χ4n) is 1.94. The van der Waals surface area contributed by atoms with Gasteiger partial charge in [-0.3, -0.25) is 0 Å². The van der Waals surface area contributed by atoms with E-state index in [1.54, 1.807) is 0 Å². The summed E-state index contributed by atoms with van der Waals surface area (Å²) in [5.74, 6) is 0.630. The number of rotatable bonds is 2. The molecule has 0 saturated heterocycles. The Bertz CT molecular complexity index is 703. The first-order valence-corrected chi connectivity index (χ1v) is 8.94. The van der Waals surface area contributed by atoms with Gasteiger partial charge in [-0.15, -0.1) is 34.0 Å². The largest absolute Gasteiger partial charge is 0.167 e. The lowest BCUT2D eigenvalue weighted by atomic mass is 10.2. The first-order chi connectivity index (χ1) is 8.36. The van der Waals surface area contributed by atoms with Crippen LogP contribution in [0.2, 0.25) is 0 Å². The summed E-state index contributed by atoms with van der Waals surface area (Å²) in [5, 5.41) is 0. The Morgan fingerprint density at radius 1 is 1.00 bits per heavy atom. The van der Waals surface area contributed by atoms with Crippen molar-refractivity contribution in [3.8, 4) is 0 Å². The molecular weight excluding hydrogens is 296 g/mol.